The lowest BCUT2D eigenvalue weighted by molar-refractivity contribution is 0.189. The van der Waals surface area contributed by atoms with E-state index in [1.165, 1.54) is 4.31 Å². The summed E-state index contributed by atoms with van der Waals surface area (Å²) in [4.78, 5) is 0.231. The monoisotopic (exact) mass is 397 g/mol. The number of rotatable bonds is 2. The van der Waals surface area contributed by atoms with Crippen molar-refractivity contribution in [2.75, 3.05) is 13.1 Å². The summed E-state index contributed by atoms with van der Waals surface area (Å²) >= 11 is 6.63. The molecule has 1 aliphatic rings. The SMILES string of the molecule is Cc1cc(Br)c(S(=O)(=O)N2CCC(O)C2)cc1Br. The number of nitrogens with zero attached hydrogens (tertiary/aromatic N) is 1. The van der Waals surface area contributed by atoms with Gasteiger partial charge in [-0.05, 0) is 47.0 Å². The molecule has 1 fully saturated rings. The van der Waals surface area contributed by atoms with Crippen LogP contribution in [0, 0.1) is 6.92 Å². The molecule has 4 nitrogen and oxygen atoms in total. The Balaban J connectivity index is 2.45. The smallest absolute Gasteiger partial charge is 0.244 e. The van der Waals surface area contributed by atoms with Crippen molar-refractivity contribution in [1.82, 2.24) is 4.31 Å². The van der Waals surface area contributed by atoms with Crippen molar-refractivity contribution in [3.63, 3.8) is 0 Å². The number of β-amino-alcohol motifs (C(OH)–C–C–N with tert-alkyl or cyclic N) is 1. The maximum atomic E-state index is 12.4. The Morgan fingerprint density at radius 2 is 2.00 bits per heavy atom. The molecular formula is C11H13Br2NO3S. The predicted molar refractivity (Wildman–Crippen MR) is 76.0 cm³/mol. The molecule has 7 heteroatoms. The molecule has 1 unspecified atom stereocenters. The molecule has 1 heterocycles. The van der Waals surface area contributed by atoms with E-state index in [-0.39, 0.29) is 11.4 Å². The number of aryl methyl sites for hydroxylation is 1. The molecule has 0 saturated carbocycles. The van der Waals surface area contributed by atoms with Crippen LogP contribution in [-0.2, 0) is 10.0 Å². The summed E-state index contributed by atoms with van der Waals surface area (Å²) in [7, 11) is -3.55. The van der Waals surface area contributed by atoms with Crippen LogP contribution < -0.4 is 0 Å². The highest BCUT2D eigenvalue weighted by molar-refractivity contribution is 9.11. The third-order valence-corrected chi connectivity index (χ3v) is 6.64. The van der Waals surface area contributed by atoms with Crippen molar-refractivity contribution in [3.05, 3.63) is 26.6 Å². The molecule has 100 valence electrons. The predicted octanol–water partition coefficient (Wildman–Crippen LogP) is 2.28. The van der Waals surface area contributed by atoms with Crippen LogP contribution in [0.2, 0.25) is 0 Å². The second kappa shape index (κ2) is 5.20. The van der Waals surface area contributed by atoms with Crippen LogP contribution in [0.1, 0.15) is 12.0 Å². The molecule has 1 aliphatic heterocycles. The summed E-state index contributed by atoms with van der Waals surface area (Å²) in [6.07, 6.45) is -0.0726. The number of sulfonamides is 1. The highest BCUT2D eigenvalue weighted by Crippen LogP contribution is 2.32. The lowest BCUT2D eigenvalue weighted by Crippen LogP contribution is -2.30. The van der Waals surface area contributed by atoms with Crippen molar-refractivity contribution >= 4 is 41.9 Å². The van der Waals surface area contributed by atoms with E-state index in [1.54, 1.807) is 12.1 Å². The van der Waals surface area contributed by atoms with Gasteiger partial charge in [-0.3, -0.25) is 0 Å². The Morgan fingerprint density at radius 1 is 1.33 bits per heavy atom. The minimum absolute atomic E-state index is 0.167. The van der Waals surface area contributed by atoms with Crippen LogP contribution >= 0.6 is 31.9 Å². The van der Waals surface area contributed by atoms with Gasteiger partial charge in [0.15, 0.2) is 0 Å². The van der Waals surface area contributed by atoms with E-state index >= 15 is 0 Å². The first-order valence-electron chi connectivity index (χ1n) is 5.46. The number of aliphatic hydroxyl groups excluding tert-OH is 1. The zero-order valence-corrected chi connectivity index (χ0v) is 13.7. The molecule has 1 aromatic carbocycles. The molecule has 1 aromatic rings. The number of aliphatic hydroxyl groups is 1. The van der Waals surface area contributed by atoms with Gasteiger partial charge in [-0.1, -0.05) is 15.9 Å². The molecule has 0 aromatic heterocycles. The largest absolute Gasteiger partial charge is 0.392 e. The third-order valence-electron chi connectivity index (χ3n) is 2.96. The molecule has 18 heavy (non-hydrogen) atoms. The van der Waals surface area contributed by atoms with E-state index in [4.69, 9.17) is 0 Å². The maximum Gasteiger partial charge on any atom is 0.244 e. The van der Waals surface area contributed by atoms with Crippen LogP contribution in [0.4, 0.5) is 0 Å². The van der Waals surface area contributed by atoms with E-state index in [0.29, 0.717) is 17.4 Å². The van der Waals surface area contributed by atoms with Gasteiger partial charge in [-0.2, -0.15) is 4.31 Å². The molecule has 0 amide bonds. The first kappa shape index (κ1) is 14.5. The fraction of sp³-hybridized carbons (Fsp3) is 0.455. The topological polar surface area (TPSA) is 57.6 Å². The Labute approximate surface area is 123 Å². The minimum Gasteiger partial charge on any atom is -0.392 e. The lowest BCUT2D eigenvalue weighted by Gasteiger charge is -2.17. The van der Waals surface area contributed by atoms with Crippen LogP contribution in [-0.4, -0.2) is 37.0 Å². The molecule has 0 bridgehead atoms. The molecule has 0 radical (unpaired) electrons. The second-order valence-corrected chi connectivity index (χ2v) is 7.95. The van der Waals surface area contributed by atoms with Crippen molar-refractivity contribution in [3.8, 4) is 0 Å². The van der Waals surface area contributed by atoms with Crippen LogP contribution in [0.15, 0.2) is 26.0 Å². The summed E-state index contributed by atoms with van der Waals surface area (Å²) in [5.41, 5.74) is 0.960. The standard InChI is InChI=1S/C11H13Br2NO3S/c1-7-4-10(13)11(5-9(7)12)18(16,17)14-3-2-8(15)6-14/h4-5,8,15H,2-3,6H2,1H3. The van der Waals surface area contributed by atoms with Crippen LogP contribution in [0.3, 0.4) is 0 Å². The fourth-order valence-electron chi connectivity index (χ4n) is 1.89. The van der Waals surface area contributed by atoms with E-state index in [1.807, 2.05) is 6.92 Å². The Bertz CT molecular complexity index is 574. The van der Waals surface area contributed by atoms with Crippen molar-refractivity contribution in [1.29, 1.82) is 0 Å². The van der Waals surface area contributed by atoms with E-state index < -0.39 is 16.1 Å². The minimum atomic E-state index is -3.55. The Kier molecular flexibility index (Phi) is 4.18. The zero-order valence-electron chi connectivity index (χ0n) is 9.73. The quantitative estimate of drug-likeness (QED) is 0.831. The number of hydrogen-bond acceptors (Lipinski definition) is 3. The summed E-state index contributed by atoms with van der Waals surface area (Å²) < 4.78 is 27.5. The second-order valence-electron chi connectivity index (χ2n) is 4.34. The van der Waals surface area contributed by atoms with Gasteiger partial charge in [-0.25, -0.2) is 8.42 Å². The number of hydrogen-bond donors (Lipinski definition) is 1. The van der Waals surface area contributed by atoms with Crippen molar-refractivity contribution < 1.29 is 13.5 Å². The van der Waals surface area contributed by atoms with E-state index in [0.717, 1.165) is 10.0 Å². The van der Waals surface area contributed by atoms with Gasteiger partial charge in [0.1, 0.15) is 0 Å². The molecule has 0 aliphatic carbocycles. The molecule has 0 spiro atoms. The van der Waals surface area contributed by atoms with Gasteiger partial charge in [0.25, 0.3) is 0 Å². The first-order valence-corrected chi connectivity index (χ1v) is 8.49. The summed E-state index contributed by atoms with van der Waals surface area (Å²) in [6.45, 7) is 2.42. The Hall–Kier alpha value is 0.0500. The van der Waals surface area contributed by atoms with Gasteiger partial charge in [0.2, 0.25) is 10.0 Å². The fourth-order valence-corrected chi connectivity index (χ4v) is 5.02. The molecule has 2 rings (SSSR count). The van der Waals surface area contributed by atoms with Crippen LogP contribution in [0.5, 0.6) is 0 Å². The number of halogens is 2. The molecule has 1 saturated heterocycles. The molecular weight excluding hydrogens is 386 g/mol. The Morgan fingerprint density at radius 3 is 2.56 bits per heavy atom. The summed E-state index contributed by atoms with van der Waals surface area (Å²) in [6, 6.07) is 3.36. The van der Waals surface area contributed by atoms with Crippen LogP contribution in [0.25, 0.3) is 0 Å². The maximum absolute atomic E-state index is 12.4. The third kappa shape index (κ3) is 2.65. The average Bonchev–Trinajstić information content (AvgIpc) is 2.70. The van der Waals surface area contributed by atoms with Crippen molar-refractivity contribution in [2.24, 2.45) is 0 Å². The highest BCUT2D eigenvalue weighted by Gasteiger charge is 2.33. The highest BCUT2D eigenvalue weighted by atomic mass is 79.9. The van der Waals surface area contributed by atoms with Gasteiger partial charge in [0.05, 0.1) is 11.0 Å². The molecule has 1 atom stereocenters. The van der Waals surface area contributed by atoms with Crippen molar-refractivity contribution in [2.45, 2.75) is 24.3 Å². The zero-order chi connectivity index (χ0) is 13.5. The normalized spacial score (nSPS) is 21.4. The summed E-state index contributed by atoms with van der Waals surface area (Å²) in [5.74, 6) is 0. The van der Waals surface area contributed by atoms with E-state index in [2.05, 4.69) is 31.9 Å². The molecule has 1 N–H and O–H groups in total. The van der Waals surface area contributed by atoms with Gasteiger partial charge in [-0.15, -0.1) is 0 Å². The number of benzene rings is 1. The van der Waals surface area contributed by atoms with E-state index in [9.17, 15) is 13.5 Å². The average molecular weight is 399 g/mol. The van der Waals surface area contributed by atoms with Gasteiger partial charge in [0, 0.05) is 22.0 Å². The summed E-state index contributed by atoms with van der Waals surface area (Å²) in [5, 5.41) is 9.45. The lowest BCUT2D eigenvalue weighted by atomic mass is 10.2. The van der Waals surface area contributed by atoms with Gasteiger partial charge < -0.3 is 5.11 Å². The first-order chi connectivity index (χ1) is 8.32. The van der Waals surface area contributed by atoms with Gasteiger partial charge >= 0.3 is 0 Å².